The fraction of sp³-hybridized carbons (Fsp3) is 0.583. The van der Waals surface area contributed by atoms with Crippen molar-refractivity contribution in [3.63, 3.8) is 0 Å². The van der Waals surface area contributed by atoms with Crippen molar-refractivity contribution in [2.75, 3.05) is 37.6 Å². The van der Waals surface area contributed by atoms with E-state index in [4.69, 9.17) is 5.73 Å². The molecule has 0 radical (unpaired) electrons. The van der Waals surface area contributed by atoms with E-state index < -0.39 is 6.03 Å². The molecule has 0 bridgehead atoms. The topological polar surface area (TPSA) is 91.6 Å². The summed E-state index contributed by atoms with van der Waals surface area (Å²) < 4.78 is 0. The molecule has 1 aromatic heterocycles. The summed E-state index contributed by atoms with van der Waals surface area (Å²) in [4.78, 5) is 30.9. The zero-order valence-electron chi connectivity index (χ0n) is 11.5. The van der Waals surface area contributed by atoms with Crippen molar-refractivity contribution < 1.29 is 9.59 Å². The first-order valence-electron chi connectivity index (χ1n) is 6.54. The molecular formula is C12H19N5O2S. The van der Waals surface area contributed by atoms with Crippen molar-refractivity contribution in [1.29, 1.82) is 0 Å². The SMILES string of the molecule is Cc1csc(N2CCN(C(=O)CCNC(N)=O)CC2)n1. The Morgan fingerprint density at radius 2 is 2.10 bits per heavy atom. The van der Waals surface area contributed by atoms with E-state index in [1.165, 1.54) is 0 Å². The number of carbonyl (C=O) groups is 2. The Bertz CT molecular complexity index is 482. The molecule has 1 aliphatic rings. The molecule has 20 heavy (non-hydrogen) atoms. The summed E-state index contributed by atoms with van der Waals surface area (Å²) in [6.07, 6.45) is 0.291. The number of aromatic nitrogens is 1. The zero-order chi connectivity index (χ0) is 14.5. The molecule has 0 aromatic carbocycles. The Hall–Kier alpha value is -1.83. The summed E-state index contributed by atoms with van der Waals surface area (Å²) in [5, 5.41) is 5.47. The average molecular weight is 297 g/mol. The summed E-state index contributed by atoms with van der Waals surface area (Å²) in [5.74, 6) is 0.0497. The molecule has 0 saturated carbocycles. The van der Waals surface area contributed by atoms with E-state index in [1.807, 2.05) is 17.2 Å². The van der Waals surface area contributed by atoms with Gasteiger partial charge in [-0.2, -0.15) is 0 Å². The van der Waals surface area contributed by atoms with E-state index in [2.05, 4.69) is 15.2 Å². The minimum atomic E-state index is -0.596. The van der Waals surface area contributed by atoms with Gasteiger partial charge in [0.25, 0.3) is 0 Å². The number of aryl methyl sites for hydroxylation is 1. The molecule has 2 heterocycles. The standard InChI is InChI=1S/C12H19N5O2S/c1-9-8-20-12(15-9)17-6-4-16(5-7-17)10(18)2-3-14-11(13)19/h8H,2-7H2,1H3,(H3,13,14,19). The van der Waals surface area contributed by atoms with Gasteiger partial charge in [0.2, 0.25) is 5.91 Å². The number of anilines is 1. The van der Waals surface area contributed by atoms with E-state index in [1.54, 1.807) is 11.3 Å². The fourth-order valence-corrected chi connectivity index (χ4v) is 2.94. The van der Waals surface area contributed by atoms with Gasteiger partial charge >= 0.3 is 6.03 Å². The maximum absolute atomic E-state index is 11.9. The lowest BCUT2D eigenvalue weighted by atomic mass is 10.3. The highest BCUT2D eigenvalue weighted by molar-refractivity contribution is 7.13. The Balaban J connectivity index is 1.76. The first-order chi connectivity index (χ1) is 9.56. The largest absolute Gasteiger partial charge is 0.352 e. The van der Waals surface area contributed by atoms with Crippen LogP contribution >= 0.6 is 11.3 Å². The molecular weight excluding hydrogens is 278 g/mol. The van der Waals surface area contributed by atoms with Crippen molar-refractivity contribution in [3.05, 3.63) is 11.1 Å². The highest BCUT2D eigenvalue weighted by atomic mass is 32.1. The number of primary amides is 1. The molecule has 1 saturated heterocycles. The van der Waals surface area contributed by atoms with Crippen LogP contribution in [0.25, 0.3) is 0 Å². The first kappa shape index (κ1) is 14.6. The summed E-state index contributed by atoms with van der Waals surface area (Å²) in [5.41, 5.74) is 5.98. The maximum atomic E-state index is 11.9. The lowest BCUT2D eigenvalue weighted by molar-refractivity contribution is -0.131. The van der Waals surface area contributed by atoms with Crippen LogP contribution in [0, 0.1) is 6.92 Å². The number of nitrogens with zero attached hydrogens (tertiary/aromatic N) is 3. The lowest BCUT2D eigenvalue weighted by Gasteiger charge is -2.34. The predicted octanol–water partition coefficient (Wildman–Crippen LogP) is 0.159. The number of nitrogens with one attached hydrogen (secondary N) is 1. The van der Waals surface area contributed by atoms with E-state index >= 15 is 0 Å². The Morgan fingerprint density at radius 3 is 2.65 bits per heavy atom. The summed E-state index contributed by atoms with van der Waals surface area (Å²) >= 11 is 1.63. The molecule has 0 aliphatic carbocycles. The number of hydrogen-bond donors (Lipinski definition) is 2. The van der Waals surface area contributed by atoms with Crippen molar-refractivity contribution in [1.82, 2.24) is 15.2 Å². The van der Waals surface area contributed by atoms with Gasteiger partial charge in [-0.15, -0.1) is 11.3 Å². The molecule has 7 nitrogen and oxygen atoms in total. The van der Waals surface area contributed by atoms with Gasteiger partial charge in [0.05, 0.1) is 5.69 Å². The van der Waals surface area contributed by atoms with Crippen LogP contribution in [-0.2, 0) is 4.79 Å². The van der Waals surface area contributed by atoms with Gasteiger partial charge in [0.15, 0.2) is 5.13 Å². The van der Waals surface area contributed by atoms with Gasteiger partial charge in [-0.25, -0.2) is 9.78 Å². The number of urea groups is 1. The van der Waals surface area contributed by atoms with E-state index in [-0.39, 0.29) is 5.91 Å². The van der Waals surface area contributed by atoms with Crippen molar-refractivity contribution in [2.45, 2.75) is 13.3 Å². The predicted molar refractivity (Wildman–Crippen MR) is 77.8 cm³/mol. The average Bonchev–Trinajstić information content (AvgIpc) is 2.85. The van der Waals surface area contributed by atoms with Crippen LogP contribution in [-0.4, -0.2) is 54.5 Å². The van der Waals surface area contributed by atoms with Gasteiger partial charge in [-0.3, -0.25) is 4.79 Å². The molecule has 0 spiro atoms. The van der Waals surface area contributed by atoms with Gasteiger partial charge < -0.3 is 20.9 Å². The fourth-order valence-electron chi connectivity index (χ4n) is 2.08. The van der Waals surface area contributed by atoms with E-state index in [0.717, 1.165) is 23.9 Å². The van der Waals surface area contributed by atoms with Gasteiger partial charge in [-0.1, -0.05) is 0 Å². The monoisotopic (exact) mass is 297 g/mol. The van der Waals surface area contributed by atoms with Crippen LogP contribution in [0.2, 0.25) is 0 Å². The molecule has 8 heteroatoms. The summed E-state index contributed by atoms with van der Waals surface area (Å²) in [6.45, 7) is 5.23. The number of piperazine rings is 1. The van der Waals surface area contributed by atoms with E-state index in [9.17, 15) is 9.59 Å². The smallest absolute Gasteiger partial charge is 0.312 e. The molecule has 1 aromatic rings. The Kier molecular flexibility index (Phi) is 4.78. The molecule has 0 atom stereocenters. The molecule has 1 aliphatic heterocycles. The van der Waals surface area contributed by atoms with Crippen molar-refractivity contribution in [3.8, 4) is 0 Å². The number of hydrogen-bond acceptors (Lipinski definition) is 5. The number of carbonyl (C=O) groups excluding carboxylic acids is 2. The second kappa shape index (κ2) is 6.56. The number of thiazole rings is 1. The van der Waals surface area contributed by atoms with Crippen molar-refractivity contribution >= 4 is 28.4 Å². The second-order valence-corrected chi connectivity index (χ2v) is 5.52. The van der Waals surface area contributed by atoms with Crippen LogP contribution in [0.1, 0.15) is 12.1 Å². The molecule has 2 rings (SSSR count). The second-order valence-electron chi connectivity index (χ2n) is 4.68. The molecule has 110 valence electrons. The van der Waals surface area contributed by atoms with Crippen LogP contribution < -0.4 is 16.0 Å². The molecule has 0 unspecified atom stereocenters. The number of rotatable bonds is 4. The number of nitrogens with two attached hydrogens (primary N) is 1. The van der Waals surface area contributed by atoms with Gasteiger partial charge in [-0.05, 0) is 6.92 Å². The summed E-state index contributed by atoms with van der Waals surface area (Å²) in [7, 11) is 0. The summed E-state index contributed by atoms with van der Waals surface area (Å²) in [6, 6.07) is -0.596. The minimum Gasteiger partial charge on any atom is -0.352 e. The Labute approximate surface area is 121 Å². The molecule has 3 N–H and O–H groups in total. The molecule has 1 fully saturated rings. The Morgan fingerprint density at radius 1 is 1.40 bits per heavy atom. The van der Waals surface area contributed by atoms with Crippen LogP contribution in [0.5, 0.6) is 0 Å². The van der Waals surface area contributed by atoms with Crippen molar-refractivity contribution in [2.24, 2.45) is 5.73 Å². The first-order valence-corrected chi connectivity index (χ1v) is 7.42. The zero-order valence-corrected chi connectivity index (χ0v) is 12.3. The number of amides is 3. The van der Waals surface area contributed by atoms with Gasteiger partial charge in [0, 0.05) is 44.5 Å². The minimum absolute atomic E-state index is 0.0497. The third-order valence-electron chi connectivity index (χ3n) is 3.15. The normalized spacial score (nSPS) is 15.2. The quantitative estimate of drug-likeness (QED) is 0.828. The van der Waals surface area contributed by atoms with Crippen LogP contribution in [0.4, 0.5) is 9.93 Å². The van der Waals surface area contributed by atoms with Crippen LogP contribution in [0.15, 0.2) is 5.38 Å². The van der Waals surface area contributed by atoms with Gasteiger partial charge in [0.1, 0.15) is 0 Å². The highest BCUT2D eigenvalue weighted by Gasteiger charge is 2.22. The highest BCUT2D eigenvalue weighted by Crippen LogP contribution is 2.21. The third kappa shape index (κ3) is 3.83. The van der Waals surface area contributed by atoms with Crippen LogP contribution in [0.3, 0.4) is 0 Å². The third-order valence-corrected chi connectivity index (χ3v) is 4.17. The van der Waals surface area contributed by atoms with E-state index in [0.29, 0.717) is 26.1 Å². The molecule has 3 amide bonds. The lowest BCUT2D eigenvalue weighted by Crippen LogP contribution is -2.49. The maximum Gasteiger partial charge on any atom is 0.312 e.